The van der Waals surface area contributed by atoms with Gasteiger partial charge in [0, 0.05) is 17.5 Å². The average Bonchev–Trinajstić information content (AvgIpc) is 2.66. The SMILES string of the molecule is COc1cccc(NC(=O)C2=C(C)NC(=S)NC2c2ccccc2C(F)(F)F)c1. The minimum Gasteiger partial charge on any atom is -0.497 e. The van der Waals surface area contributed by atoms with E-state index in [2.05, 4.69) is 16.0 Å². The number of halogens is 3. The number of nitrogens with one attached hydrogen (secondary N) is 3. The van der Waals surface area contributed by atoms with Crippen LogP contribution >= 0.6 is 12.2 Å². The number of amides is 1. The van der Waals surface area contributed by atoms with E-state index in [0.717, 1.165) is 6.07 Å². The monoisotopic (exact) mass is 421 g/mol. The third kappa shape index (κ3) is 4.51. The first-order valence-electron chi connectivity index (χ1n) is 8.60. The first-order chi connectivity index (χ1) is 13.7. The fourth-order valence-electron chi connectivity index (χ4n) is 3.13. The molecule has 3 rings (SSSR count). The molecule has 1 heterocycles. The number of benzene rings is 2. The van der Waals surface area contributed by atoms with Crippen LogP contribution in [0.4, 0.5) is 18.9 Å². The van der Waals surface area contributed by atoms with E-state index in [1.807, 2.05) is 0 Å². The zero-order chi connectivity index (χ0) is 21.2. The Balaban J connectivity index is 2.02. The lowest BCUT2D eigenvalue weighted by Gasteiger charge is -2.31. The van der Waals surface area contributed by atoms with Crippen LogP contribution in [0.3, 0.4) is 0 Å². The highest BCUT2D eigenvalue weighted by Crippen LogP contribution is 2.38. The highest BCUT2D eigenvalue weighted by molar-refractivity contribution is 7.80. The summed E-state index contributed by atoms with van der Waals surface area (Å²) in [6.07, 6.45) is -4.58. The standard InChI is InChI=1S/C20H18F3N3O2S/c1-11-16(18(27)25-12-6-5-7-13(10-12)28-2)17(26-19(29)24-11)14-8-3-4-9-15(14)20(21,22)23/h3-10,17H,1-2H3,(H,25,27)(H2,24,26,29). The Hall–Kier alpha value is -3.07. The maximum absolute atomic E-state index is 13.5. The predicted molar refractivity (Wildman–Crippen MR) is 107 cm³/mol. The van der Waals surface area contributed by atoms with Gasteiger partial charge in [-0.05, 0) is 42.9 Å². The van der Waals surface area contributed by atoms with Crippen molar-refractivity contribution in [3.05, 3.63) is 70.9 Å². The Morgan fingerprint density at radius 3 is 2.59 bits per heavy atom. The highest BCUT2D eigenvalue weighted by atomic mass is 32.1. The van der Waals surface area contributed by atoms with E-state index in [0.29, 0.717) is 17.1 Å². The van der Waals surface area contributed by atoms with E-state index < -0.39 is 23.7 Å². The minimum atomic E-state index is -4.58. The van der Waals surface area contributed by atoms with Crippen LogP contribution in [0.2, 0.25) is 0 Å². The fraction of sp³-hybridized carbons (Fsp3) is 0.200. The Morgan fingerprint density at radius 2 is 1.90 bits per heavy atom. The van der Waals surface area contributed by atoms with E-state index in [-0.39, 0.29) is 16.2 Å². The average molecular weight is 421 g/mol. The molecule has 0 spiro atoms. The summed E-state index contributed by atoms with van der Waals surface area (Å²) in [6, 6.07) is 10.7. The Bertz CT molecular complexity index is 989. The molecule has 1 amide bonds. The topological polar surface area (TPSA) is 62.4 Å². The third-order valence-corrected chi connectivity index (χ3v) is 4.64. The van der Waals surface area contributed by atoms with Crippen LogP contribution in [0.5, 0.6) is 5.75 Å². The summed E-state index contributed by atoms with van der Waals surface area (Å²) in [5.41, 5.74) is 0.0144. The minimum absolute atomic E-state index is 0.0843. The molecular weight excluding hydrogens is 403 g/mol. The third-order valence-electron chi connectivity index (χ3n) is 4.42. The van der Waals surface area contributed by atoms with Gasteiger partial charge >= 0.3 is 6.18 Å². The normalized spacial score (nSPS) is 16.7. The van der Waals surface area contributed by atoms with E-state index in [9.17, 15) is 18.0 Å². The molecule has 1 atom stereocenters. The molecule has 3 N–H and O–H groups in total. The second-order valence-electron chi connectivity index (χ2n) is 6.34. The number of carbonyl (C=O) groups is 1. The fourth-order valence-corrected chi connectivity index (χ4v) is 3.41. The number of carbonyl (C=O) groups excluding carboxylic acids is 1. The Kier molecular flexibility index (Phi) is 5.78. The molecule has 0 aliphatic carbocycles. The highest BCUT2D eigenvalue weighted by Gasteiger charge is 2.38. The van der Waals surface area contributed by atoms with Gasteiger partial charge in [-0.3, -0.25) is 4.79 Å². The van der Waals surface area contributed by atoms with Gasteiger partial charge in [0.05, 0.1) is 24.3 Å². The summed E-state index contributed by atoms with van der Waals surface area (Å²) in [4.78, 5) is 13.0. The molecule has 0 aromatic heterocycles. The van der Waals surface area contributed by atoms with Gasteiger partial charge < -0.3 is 20.7 Å². The van der Waals surface area contributed by atoms with Crippen molar-refractivity contribution in [3.8, 4) is 5.75 Å². The number of hydrogen-bond donors (Lipinski definition) is 3. The molecule has 0 bridgehead atoms. The lowest BCUT2D eigenvalue weighted by atomic mass is 9.91. The van der Waals surface area contributed by atoms with Gasteiger partial charge in [-0.1, -0.05) is 24.3 Å². The molecule has 1 aliphatic rings. The van der Waals surface area contributed by atoms with Crippen LogP contribution < -0.4 is 20.7 Å². The van der Waals surface area contributed by atoms with E-state index >= 15 is 0 Å². The number of thiocarbonyl (C=S) groups is 1. The lowest BCUT2D eigenvalue weighted by molar-refractivity contribution is -0.138. The quantitative estimate of drug-likeness (QED) is 0.648. The van der Waals surface area contributed by atoms with Crippen LogP contribution in [-0.4, -0.2) is 18.1 Å². The molecule has 2 aromatic carbocycles. The number of hydrogen-bond acceptors (Lipinski definition) is 3. The first-order valence-corrected chi connectivity index (χ1v) is 9.01. The molecule has 1 aliphatic heterocycles. The maximum atomic E-state index is 13.5. The van der Waals surface area contributed by atoms with Crippen molar-refractivity contribution in [3.63, 3.8) is 0 Å². The number of allylic oxidation sites excluding steroid dienone is 1. The smallest absolute Gasteiger partial charge is 0.416 e. The molecule has 0 saturated heterocycles. The Morgan fingerprint density at radius 1 is 1.17 bits per heavy atom. The molecule has 152 valence electrons. The summed E-state index contributed by atoms with van der Waals surface area (Å²) in [6.45, 7) is 1.59. The number of alkyl halides is 3. The van der Waals surface area contributed by atoms with Gasteiger partial charge in [-0.25, -0.2) is 0 Å². The second kappa shape index (κ2) is 8.12. The number of ether oxygens (including phenoxy) is 1. The van der Waals surface area contributed by atoms with Crippen molar-refractivity contribution in [2.75, 3.05) is 12.4 Å². The van der Waals surface area contributed by atoms with Gasteiger partial charge in [0.15, 0.2) is 5.11 Å². The number of rotatable bonds is 4. The molecule has 2 aromatic rings. The summed E-state index contributed by atoms with van der Waals surface area (Å²) >= 11 is 5.11. The van der Waals surface area contributed by atoms with E-state index in [1.165, 1.54) is 25.3 Å². The molecule has 29 heavy (non-hydrogen) atoms. The molecular formula is C20H18F3N3O2S. The van der Waals surface area contributed by atoms with Crippen molar-refractivity contribution in [2.45, 2.75) is 19.1 Å². The molecule has 9 heteroatoms. The van der Waals surface area contributed by atoms with Gasteiger partial charge in [0.2, 0.25) is 0 Å². The van der Waals surface area contributed by atoms with Crippen LogP contribution in [0.1, 0.15) is 24.1 Å². The number of anilines is 1. The lowest BCUT2D eigenvalue weighted by Crippen LogP contribution is -2.46. The summed E-state index contributed by atoms with van der Waals surface area (Å²) in [5, 5.41) is 8.45. The van der Waals surface area contributed by atoms with Gasteiger partial charge in [0.25, 0.3) is 5.91 Å². The summed E-state index contributed by atoms with van der Waals surface area (Å²) < 4.78 is 45.8. The predicted octanol–water partition coefficient (Wildman–Crippen LogP) is 4.15. The zero-order valence-corrected chi connectivity index (χ0v) is 16.4. The first kappa shape index (κ1) is 20.7. The van der Waals surface area contributed by atoms with Crippen LogP contribution in [0.25, 0.3) is 0 Å². The van der Waals surface area contributed by atoms with E-state index in [1.54, 1.807) is 31.2 Å². The summed E-state index contributed by atoms with van der Waals surface area (Å²) in [7, 11) is 1.49. The van der Waals surface area contributed by atoms with Gasteiger partial charge in [-0.15, -0.1) is 0 Å². The van der Waals surface area contributed by atoms with Crippen LogP contribution in [-0.2, 0) is 11.0 Å². The van der Waals surface area contributed by atoms with Crippen molar-refractivity contribution in [2.24, 2.45) is 0 Å². The zero-order valence-electron chi connectivity index (χ0n) is 15.6. The van der Waals surface area contributed by atoms with Gasteiger partial charge in [-0.2, -0.15) is 13.2 Å². The largest absolute Gasteiger partial charge is 0.497 e. The molecule has 0 saturated carbocycles. The van der Waals surface area contributed by atoms with E-state index in [4.69, 9.17) is 17.0 Å². The maximum Gasteiger partial charge on any atom is 0.416 e. The van der Waals surface area contributed by atoms with Crippen LogP contribution in [0, 0.1) is 0 Å². The Labute approximate surface area is 170 Å². The van der Waals surface area contributed by atoms with Crippen molar-refractivity contribution in [1.29, 1.82) is 0 Å². The number of methoxy groups -OCH3 is 1. The van der Waals surface area contributed by atoms with Crippen molar-refractivity contribution < 1.29 is 22.7 Å². The van der Waals surface area contributed by atoms with Crippen molar-refractivity contribution in [1.82, 2.24) is 10.6 Å². The summed E-state index contributed by atoms with van der Waals surface area (Å²) in [5.74, 6) is -0.0197. The van der Waals surface area contributed by atoms with Crippen LogP contribution in [0.15, 0.2) is 59.8 Å². The van der Waals surface area contributed by atoms with Gasteiger partial charge in [0.1, 0.15) is 5.75 Å². The van der Waals surface area contributed by atoms with Crippen molar-refractivity contribution >= 4 is 28.9 Å². The molecule has 0 fully saturated rings. The molecule has 5 nitrogen and oxygen atoms in total. The second-order valence-corrected chi connectivity index (χ2v) is 6.75. The molecule has 1 unspecified atom stereocenters. The molecule has 0 radical (unpaired) electrons.